The molecular weight excluding hydrogens is 395 g/mol. The van der Waals surface area contributed by atoms with Gasteiger partial charge in [-0.1, -0.05) is 17.3 Å². The number of aryl methyl sites for hydroxylation is 2. The molecule has 8 heteroatoms. The lowest BCUT2D eigenvalue weighted by Gasteiger charge is -2.31. The molecule has 6 nitrogen and oxygen atoms in total. The first-order valence-electron chi connectivity index (χ1n) is 9.21. The first-order valence-corrected chi connectivity index (χ1v) is 10.6. The molecule has 0 fully saturated rings. The van der Waals surface area contributed by atoms with Crippen LogP contribution in [0.2, 0.25) is 0 Å². The average molecular weight is 414 g/mol. The second-order valence-corrected chi connectivity index (χ2v) is 8.86. The zero-order chi connectivity index (χ0) is 20.6. The number of rotatable bonds is 5. The summed E-state index contributed by atoms with van der Waals surface area (Å²) in [6.07, 6.45) is 2.94. The van der Waals surface area contributed by atoms with E-state index in [1.54, 1.807) is 13.0 Å². The number of hydrogen-bond acceptors (Lipinski definition) is 5. The van der Waals surface area contributed by atoms with Crippen molar-refractivity contribution in [1.82, 2.24) is 5.16 Å². The summed E-state index contributed by atoms with van der Waals surface area (Å²) in [5.41, 5.74) is 2.58. The topological polar surface area (TPSA) is 80.5 Å². The number of halogens is 1. The van der Waals surface area contributed by atoms with Gasteiger partial charge < -0.3 is 4.52 Å². The Bertz CT molecular complexity index is 1170. The number of Topliss-reactive ketones (excluding diaryl/α,β-unsaturated/α-hetero) is 1. The Labute approximate surface area is 168 Å². The summed E-state index contributed by atoms with van der Waals surface area (Å²) in [4.78, 5) is 12.6. The van der Waals surface area contributed by atoms with Crippen LogP contribution in [0.15, 0.2) is 58.1 Å². The Hall–Kier alpha value is -3.00. The standard InChI is InChI=1S/C21H19FN2O4S/c1-14-19(13-23-28-14)21(25)12-15-4-5-16-3-2-10-24(20(16)11-15)29(26,27)18-8-6-17(22)7-9-18/h4-9,11,13H,2-3,10,12H2,1H3. The van der Waals surface area contributed by atoms with Crippen LogP contribution in [0.1, 0.15) is 33.7 Å². The number of carbonyl (C=O) groups excluding carboxylic acids is 1. The zero-order valence-corrected chi connectivity index (χ0v) is 16.6. The van der Waals surface area contributed by atoms with Gasteiger partial charge in [-0.15, -0.1) is 0 Å². The zero-order valence-electron chi connectivity index (χ0n) is 15.8. The van der Waals surface area contributed by atoms with Gasteiger partial charge in [0.2, 0.25) is 0 Å². The van der Waals surface area contributed by atoms with Crippen LogP contribution in [0.5, 0.6) is 0 Å². The molecule has 0 aliphatic carbocycles. The fourth-order valence-electron chi connectivity index (χ4n) is 3.53. The number of carbonyl (C=O) groups is 1. The van der Waals surface area contributed by atoms with E-state index in [4.69, 9.17) is 4.52 Å². The van der Waals surface area contributed by atoms with E-state index in [2.05, 4.69) is 5.16 Å². The molecule has 2 aromatic carbocycles. The first-order chi connectivity index (χ1) is 13.9. The quantitative estimate of drug-likeness (QED) is 0.595. The third kappa shape index (κ3) is 3.67. The summed E-state index contributed by atoms with van der Waals surface area (Å²) in [6, 6.07) is 10.2. The molecular formula is C21H19FN2O4S. The van der Waals surface area contributed by atoms with Gasteiger partial charge in [-0.25, -0.2) is 12.8 Å². The molecule has 0 unspecified atom stereocenters. The lowest BCUT2D eigenvalue weighted by Crippen LogP contribution is -2.35. The van der Waals surface area contributed by atoms with E-state index >= 15 is 0 Å². The highest BCUT2D eigenvalue weighted by atomic mass is 32.2. The highest BCUT2D eigenvalue weighted by molar-refractivity contribution is 7.92. The molecule has 1 aromatic heterocycles. The van der Waals surface area contributed by atoms with Crippen LogP contribution in [-0.4, -0.2) is 25.9 Å². The number of fused-ring (bicyclic) bond motifs is 1. The summed E-state index contributed by atoms with van der Waals surface area (Å²) >= 11 is 0. The molecule has 29 heavy (non-hydrogen) atoms. The van der Waals surface area contributed by atoms with Crippen LogP contribution in [0.25, 0.3) is 0 Å². The van der Waals surface area contributed by atoms with Gasteiger partial charge in [0, 0.05) is 13.0 Å². The van der Waals surface area contributed by atoms with Gasteiger partial charge in [0.1, 0.15) is 11.6 Å². The van der Waals surface area contributed by atoms with Gasteiger partial charge in [0.15, 0.2) is 5.78 Å². The van der Waals surface area contributed by atoms with Crippen LogP contribution in [-0.2, 0) is 22.9 Å². The highest BCUT2D eigenvalue weighted by Gasteiger charge is 2.29. The van der Waals surface area contributed by atoms with Crippen LogP contribution < -0.4 is 4.31 Å². The average Bonchev–Trinajstić information content (AvgIpc) is 3.14. The lowest BCUT2D eigenvalue weighted by molar-refractivity contribution is 0.0991. The predicted octanol–water partition coefficient (Wildman–Crippen LogP) is 3.69. The second kappa shape index (κ2) is 7.44. The van der Waals surface area contributed by atoms with Gasteiger partial charge >= 0.3 is 0 Å². The number of benzene rings is 2. The van der Waals surface area contributed by atoms with E-state index in [1.165, 1.54) is 22.6 Å². The number of aromatic nitrogens is 1. The molecule has 2 heterocycles. The molecule has 0 N–H and O–H groups in total. The third-order valence-electron chi connectivity index (χ3n) is 5.04. The van der Waals surface area contributed by atoms with E-state index in [0.29, 0.717) is 35.5 Å². The molecule has 1 aliphatic heterocycles. The van der Waals surface area contributed by atoms with Gasteiger partial charge in [-0.2, -0.15) is 0 Å². The van der Waals surface area contributed by atoms with Crippen molar-refractivity contribution in [2.75, 3.05) is 10.8 Å². The maximum atomic E-state index is 13.2. The minimum atomic E-state index is -3.83. The Morgan fingerprint density at radius 1 is 1.21 bits per heavy atom. The van der Waals surface area contributed by atoms with E-state index in [1.807, 2.05) is 12.1 Å². The highest BCUT2D eigenvalue weighted by Crippen LogP contribution is 2.33. The SMILES string of the molecule is Cc1oncc1C(=O)Cc1ccc2c(c1)N(S(=O)(=O)c1ccc(F)cc1)CCC2. The van der Waals surface area contributed by atoms with Crippen molar-refractivity contribution >= 4 is 21.5 Å². The Morgan fingerprint density at radius 3 is 2.66 bits per heavy atom. The van der Waals surface area contributed by atoms with E-state index in [9.17, 15) is 17.6 Å². The summed E-state index contributed by atoms with van der Waals surface area (Å²) < 4.78 is 45.8. The predicted molar refractivity (Wildman–Crippen MR) is 105 cm³/mol. The van der Waals surface area contributed by atoms with Crippen molar-refractivity contribution in [2.24, 2.45) is 0 Å². The van der Waals surface area contributed by atoms with Crippen LogP contribution in [0.4, 0.5) is 10.1 Å². The van der Waals surface area contributed by atoms with Crippen molar-refractivity contribution in [3.8, 4) is 0 Å². The molecule has 0 atom stereocenters. The number of nitrogens with zero attached hydrogens (tertiary/aromatic N) is 2. The normalized spacial score (nSPS) is 13.9. The fraction of sp³-hybridized carbons (Fsp3) is 0.238. The molecule has 1 aliphatic rings. The van der Waals surface area contributed by atoms with Gasteiger partial charge in [0.25, 0.3) is 10.0 Å². The summed E-state index contributed by atoms with van der Waals surface area (Å²) in [7, 11) is -3.83. The molecule has 0 radical (unpaired) electrons. The molecule has 0 saturated carbocycles. The summed E-state index contributed by atoms with van der Waals surface area (Å²) in [6.45, 7) is 2.00. The van der Waals surface area contributed by atoms with Gasteiger partial charge in [0.05, 0.1) is 22.3 Å². The van der Waals surface area contributed by atoms with Crippen LogP contribution >= 0.6 is 0 Å². The first kappa shape index (κ1) is 19.3. The maximum Gasteiger partial charge on any atom is 0.264 e. The molecule has 0 spiro atoms. The van der Waals surface area contributed by atoms with E-state index in [0.717, 1.165) is 24.1 Å². The lowest BCUT2D eigenvalue weighted by atomic mass is 9.98. The van der Waals surface area contributed by atoms with Gasteiger partial charge in [-0.3, -0.25) is 9.10 Å². The van der Waals surface area contributed by atoms with E-state index in [-0.39, 0.29) is 17.1 Å². The smallest absolute Gasteiger partial charge is 0.264 e. The fourth-order valence-corrected chi connectivity index (χ4v) is 5.06. The number of hydrogen-bond donors (Lipinski definition) is 0. The molecule has 3 aromatic rings. The third-order valence-corrected chi connectivity index (χ3v) is 6.87. The Balaban J connectivity index is 1.68. The molecule has 0 bridgehead atoms. The summed E-state index contributed by atoms with van der Waals surface area (Å²) in [5.74, 6) is -0.186. The number of sulfonamides is 1. The molecule has 0 amide bonds. The molecule has 150 valence electrons. The van der Waals surface area contributed by atoms with Crippen molar-refractivity contribution in [1.29, 1.82) is 0 Å². The Morgan fingerprint density at radius 2 is 1.97 bits per heavy atom. The minimum absolute atomic E-state index is 0.0355. The minimum Gasteiger partial charge on any atom is -0.361 e. The van der Waals surface area contributed by atoms with Gasteiger partial charge in [-0.05, 0) is 61.2 Å². The van der Waals surface area contributed by atoms with Crippen molar-refractivity contribution in [3.63, 3.8) is 0 Å². The number of anilines is 1. The van der Waals surface area contributed by atoms with Crippen LogP contribution in [0, 0.1) is 12.7 Å². The molecule has 0 saturated heterocycles. The van der Waals surface area contributed by atoms with Crippen molar-refractivity contribution in [3.05, 3.63) is 76.9 Å². The monoisotopic (exact) mass is 414 g/mol. The van der Waals surface area contributed by atoms with Crippen molar-refractivity contribution < 1.29 is 22.1 Å². The van der Waals surface area contributed by atoms with Crippen molar-refractivity contribution in [2.45, 2.75) is 31.1 Å². The summed E-state index contributed by atoms with van der Waals surface area (Å²) in [5, 5.41) is 3.63. The van der Waals surface area contributed by atoms with E-state index < -0.39 is 15.8 Å². The maximum absolute atomic E-state index is 13.2. The Kier molecular flexibility index (Phi) is 4.96. The van der Waals surface area contributed by atoms with Crippen LogP contribution in [0.3, 0.4) is 0 Å². The number of ketones is 1. The second-order valence-electron chi connectivity index (χ2n) is 6.99. The molecule has 4 rings (SSSR count). The largest absolute Gasteiger partial charge is 0.361 e.